The molecule has 1 aromatic rings. The van der Waals surface area contributed by atoms with Crippen LogP contribution in [0.4, 0.5) is 4.79 Å². The molecule has 0 aliphatic carbocycles. The minimum atomic E-state index is -0.520. The molecule has 0 aliphatic rings. The maximum Gasteiger partial charge on any atom is 0.407 e. The number of nitrogens with one attached hydrogen (secondary N) is 1. The lowest BCUT2D eigenvalue weighted by Gasteiger charge is -2.19. The number of benzene rings is 1. The van der Waals surface area contributed by atoms with E-state index >= 15 is 0 Å². The summed E-state index contributed by atoms with van der Waals surface area (Å²) >= 11 is 0. The van der Waals surface area contributed by atoms with Crippen molar-refractivity contribution in [3.05, 3.63) is 29.3 Å². The van der Waals surface area contributed by atoms with Crippen LogP contribution in [0.1, 0.15) is 43.1 Å². The van der Waals surface area contributed by atoms with E-state index < -0.39 is 11.7 Å². The van der Waals surface area contributed by atoms with Gasteiger partial charge in [-0.05, 0) is 39.0 Å². The van der Waals surface area contributed by atoms with E-state index in [0.29, 0.717) is 24.8 Å². The molecule has 1 amide bonds. The van der Waals surface area contributed by atoms with Crippen molar-refractivity contribution >= 4 is 12.4 Å². The molecule has 0 fully saturated rings. The number of hydrogen-bond donors (Lipinski definition) is 2. The van der Waals surface area contributed by atoms with Gasteiger partial charge in [0.05, 0.1) is 5.56 Å². The van der Waals surface area contributed by atoms with Gasteiger partial charge in [0, 0.05) is 18.5 Å². The normalized spacial score (nSPS) is 10.2. The number of aldehydes is 1. The zero-order valence-corrected chi connectivity index (χ0v) is 12.4. The summed E-state index contributed by atoms with van der Waals surface area (Å²) < 4.78 is 5.08. The fourth-order valence-corrected chi connectivity index (χ4v) is 1.43. The molecule has 0 heterocycles. The Bertz CT molecular complexity index is 576. The highest BCUT2D eigenvalue weighted by molar-refractivity contribution is 5.79. The van der Waals surface area contributed by atoms with Gasteiger partial charge >= 0.3 is 6.09 Å². The van der Waals surface area contributed by atoms with E-state index in [0.717, 1.165) is 0 Å². The van der Waals surface area contributed by atoms with Gasteiger partial charge in [-0.15, -0.1) is 0 Å². The molecule has 0 atom stereocenters. The molecule has 0 aliphatic heterocycles. The van der Waals surface area contributed by atoms with Crippen LogP contribution in [0.2, 0.25) is 0 Å². The van der Waals surface area contributed by atoms with Crippen LogP contribution in [0, 0.1) is 11.8 Å². The van der Waals surface area contributed by atoms with Gasteiger partial charge in [0.1, 0.15) is 11.4 Å². The van der Waals surface area contributed by atoms with Crippen LogP contribution in [-0.2, 0) is 4.74 Å². The van der Waals surface area contributed by atoms with E-state index in [-0.39, 0.29) is 11.3 Å². The van der Waals surface area contributed by atoms with E-state index in [2.05, 4.69) is 17.2 Å². The predicted molar refractivity (Wildman–Crippen MR) is 79.2 cm³/mol. The minimum absolute atomic E-state index is 0.0938. The Balaban J connectivity index is 2.42. The Morgan fingerprint density at radius 2 is 2.14 bits per heavy atom. The van der Waals surface area contributed by atoms with E-state index in [1.54, 1.807) is 26.8 Å². The van der Waals surface area contributed by atoms with Crippen molar-refractivity contribution < 1.29 is 19.4 Å². The second-order valence-electron chi connectivity index (χ2n) is 5.37. The van der Waals surface area contributed by atoms with E-state index in [1.165, 1.54) is 12.1 Å². The van der Waals surface area contributed by atoms with Crippen LogP contribution in [-0.4, -0.2) is 29.6 Å². The van der Waals surface area contributed by atoms with E-state index in [1.807, 2.05) is 0 Å². The second kappa shape index (κ2) is 7.34. The van der Waals surface area contributed by atoms with Crippen LogP contribution in [0.25, 0.3) is 0 Å². The standard InChI is InChI=1S/C16H19NO4/c1-16(2,3)21-15(20)17-9-5-4-6-12-7-8-13(11-18)14(19)10-12/h7-8,10-11,19H,5,9H2,1-3H3,(H,17,20). The van der Waals surface area contributed by atoms with Gasteiger partial charge in [-0.1, -0.05) is 11.8 Å². The average Bonchev–Trinajstić information content (AvgIpc) is 2.36. The maximum absolute atomic E-state index is 11.4. The monoisotopic (exact) mass is 289 g/mol. The van der Waals surface area contributed by atoms with Crippen molar-refractivity contribution in [1.82, 2.24) is 5.32 Å². The summed E-state index contributed by atoms with van der Waals surface area (Å²) in [7, 11) is 0. The SMILES string of the molecule is CC(C)(C)OC(=O)NCCC#Cc1ccc(C=O)c(O)c1. The molecule has 5 heteroatoms. The highest BCUT2D eigenvalue weighted by Crippen LogP contribution is 2.16. The number of carbonyl (C=O) groups excluding carboxylic acids is 2. The van der Waals surface area contributed by atoms with Crippen LogP contribution < -0.4 is 5.32 Å². The number of rotatable bonds is 3. The van der Waals surface area contributed by atoms with Gasteiger partial charge in [0.2, 0.25) is 0 Å². The lowest BCUT2D eigenvalue weighted by molar-refractivity contribution is 0.0529. The molecule has 21 heavy (non-hydrogen) atoms. The molecule has 0 bridgehead atoms. The predicted octanol–water partition coefficient (Wildman–Crippen LogP) is 2.47. The molecule has 0 radical (unpaired) electrons. The fraction of sp³-hybridized carbons (Fsp3) is 0.375. The molecule has 0 spiro atoms. The lowest BCUT2D eigenvalue weighted by atomic mass is 10.1. The fourth-order valence-electron chi connectivity index (χ4n) is 1.43. The lowest BCUT2D eigenvalue weighted by Crippen LogP contribution is -2.32. The Kier molecular flexibility index (Phi) is 5.79. The molecule has 112 valence electrons. The van der Waals surface area contributed by atoms with Gasteiger partial charge in [0.25, 0.3) is 0 Å². The summed E-state index contributed by atoms with van der Waals surface area (Å²) in [6.45, 7) is 5.76. The summed E-state index contributed by atoms with van der Waals surface area (Å²) in [4.78, 5) is 21.9. The number of carbonyl (C=O) groups is 2. The van der Waals surface area contributed by atoms with Gasteiger partial charge in [-0.3, -0.25) is 4.79 Å². The number of phenols is 1. The molecule has 2 N–H and O–H groups in total. The minimum Gasteiger partial charge on any atom is -0.507 e. The molecule has 1 aromatic carbocycles. The summed E-state index contributed by atoms with van der Waals surface area (Å²) in [6, 6.07) is 4.58. The largest absolute Gasteiger partial charge is 0.507 e. The van der Waals surface area contributed by atoms with Crippen molar-refractivity contribution in [1.29, 1.82) is 0 Å². The van der Waals surface area contributed by atoms with Gasteiger partial charge in [0.15, 0.2) is 6.29 Å². The number of alkyl carbamates (subject to hydrolysis) is 1. The molecule has 0 unspecified atom stereocenters. The van der Waals surface area contributed by atoms with Crippen molar-refractivity contribution in [3.63, 3.8) is 0 Å². The molecule has 0 saturated heterocycles. The second-order valence-corrected chi connectivity index (χ2v) is 5.37. The molecule has 5 nitrogen and oxygen atoms in total. The third-order valence-corrected chi connectivity index (χ3v) is 2.31. The summed E-state index contributed by atoms with van der Waals surface area (Å²) in [5, 5.41) is 12.1. The number of hydrogen-bond acceptors (Lipinski definition) is 4. The summed E-state index contributed by atoms with van der Waals surface area (Å²) in [6.07, 6.45) is 0.560. The van der Waals surface area contributed by atoms with Crippen LogP contribution >= 0.6 is 0 Å². The topological polar surface area (TPSA) is 75.6 Å². The van der Waals surface area contributed by atoms with Gasteiger partial charge < -0.3 is 15.2 Å². The molecular weight excluding hydrogens is 270 g/mol. The van der Waals surface area contributed by atoms with Crippen molar-refractivity contribution in [2.45, 2.75) is 32.8 Å². The number of amides is 1. The first-order valence-corrected chi connectivity index (χ1v) is 6.56. The first-order valence-electron chi connectivity index (χ1n) is 6.56. The first kappa shape index (κ1) is 16.6. The van der Waals surface area contributed by atoms with Gasteiger partial charge in [-0.25, -0.2) is 4.79 Å². The van der Waals surface area contributed by atoms with Crippen LogP contribution in [0.15, 0.2) is 18.2 Å². The summed E-state index contributed by atoms with van der Waals surface area (Å²) in [5.41, 5.74) is 0.315. The number of phenolic OH excluding ortho intramolecular Hbond substituents is 1. The number of ether oxygens (including phenoxy) is 1. The molecule has 0 aromatic heterocycles. The van der Waals surface area contributed by atoms with Crippen LogP contribution in [0.5, 0.6) is 5.75 Å². The third-order valence-electron chi connectivity index (χ3n) is 2.31. The smallest absolute Gasteiger partial charge is 0.407 e. The highest BCUT2D eigenvalue weighted by Gasteiger charge is 2.15. The Hall–Kier alpha value is -2.48. The van der Waals surface area contributed by atoms with Gasteiger partial charge in [-0.2, -0.15) is 0 Å². The molecule has 0 saturated carbocycles. The Morgan fingerprint density at radius 3 is 2.71 bits per heavy atom. The maximum atomic E-state index is 11.4. The highest BCUT2D eigenvalue weighted by atomic mass is 16.6. The number of aromatic hydroxyl groups is 1. The van der Waals surface area contributed by atoms with Crippen LogP contribution in [0.3, 0.4) is 0 Å². The summed E-state index contributed by atoms with van der Waals surface area (Å²) in [5.74, 6) is 5.61. The van der Waals surface area contributed by atoms with E-state index in [9.17, 15) is 14.7 Å². The molecule has 1 rings (SSSR count). The first-order chi connectivity index (χ1) is 9.81. The van der Waals surface area contributed by atoms with Crippen molar-refractivity contribution in [2.24, 2.45) is 0 Å². The third kappa shape index (κ3) is 6.48. The van der Waals surface area contributed by atoms with Crippen molar-refractivity contribution in [2.75, 3.05) is 6.54 Å². The zero-order chi connectivity index (χ0) is 15.9. The Morgan fingerprint density at radius 1 is 1.43 bits per heavy atom. The Labute approximate surface area is 124 Å². The van der Waals surface area contributed by atoms with E-state index in [4.69, 9.17) is 4.74 Å². The molecular formula is C16H19NO4. The van der Waals surface area contributed by atoms with Crippen molar-refractivity contribution in [3.8, 4) is 17.6 Å². The quantitative estimate of drug-likeness (QED) is 0.509. The zero-order valence-electron chi connectivity index (χ0n) is 12.4. The average molecular weight is 289 g/mol.